The number of halogens is 2. The van der Waals surface area contributed by atoms with E-state index in [1.54, 1.807) is 25.1 Å². The Balaban J connectivity index is 2.38. The normalized spacial score (nSPS) is 10.1. The number of carbonyl (C=O) groups is 2. The lowest BCUT2D eigenvalue weighted by Gasteiger charge is -2.08. The summed E-state index contributed by atoms with van der Waals surface area (Å²) in [7, 11) is 0. The van der Waals surface area contributed by atoms with Crippen molar-refractivity contribution in [2.75, 3.05) is 13.2 Å². The van der Waals surface area contributed by atoms with Crippen LogP contribution in [0.3, 0.4) is 0 Å². The van der Waals surface area contributed by atoms with Crippen LogP contribution in [-0.4, -0.2) is 25.0 Å². The fourth-order valence-corrected chi connectivity index (χ4v) is 1.65. The summed E-state index contributed by atoms with van der Waals surface area (Å²) in [5.41, 5.74) is 0. The molecule has 1 rings (SSSR count). The fourth-order valence-electron chi connectivity index (χ4n) is 1.30. The largest absolute Gasteiger partial charge is 0.484 e. The van der Waals surface area contributed by atoms with E-state index in [2.05, 4.69) is 0 Å². The molecule has 0 aromatic heterocycles. The number of hydrogen-bond acceptors (Lipinski definition) is 4. The molecule has 0 aliphatic carbocycles. The molecule has 0 bridgehead atoms. The number of esters is 1. The first-order chi connectivity index (χ1) is 9.04. The molecule has 0 N–H and O–H groups in total. The summed E-state index contributed by atoms with van der Waals surface area (Å²) in [4.78, 5) is 22.6. The molecule has 0 spiro atoms. The van der Waals surface area contributed by atoms with Gasteiger partial charge in [-0.15, -0.1) is 0 Å². The van der Waals surface area contributed by atoms with E-state index in [4.69, 9.17) is 32.7 Å². The van der Waals surface area contributed by atoms with Gasteiger partial charge in [0.1, 0.15) is 17.4 Å². The third-order valence-corrected chi connectivity index (χ3v) is 3.02. The van der Waals surface area contributed by atoms with Gasteiger partial charge in [-0.05, 0) is 19.1 Å². The summed E-state index contributed by atoms with van der Waals surface area (Å²) in [6.45, 7) is 1.87. The first kappa shape index (κ1) is 15.8. The second kappa shape index (κ2) is 8.02. The van der Waals surface area contributed by atoms with Crippen molar-refractivity contribution in [2.24, 2.45) is 0 Å². The Morgan fingerprint density at radius 3 is 2.63 bits per heavy atom. The van der Waals surface area contributed by atoms with Gasteiger partial charge in [-0.25, -0.2) is 0 Å². The van der Waals surface area contributed by atoms with Crippen LogP contribution in [-0.2, 0) is 14.3 Å². The van der Waals surface area contributed by atoms with Crippen molar-refractivity contribution in [3.63, 3.8) is 0 Å². The second-order valence-electron chi connectivity index (χ2n) is 3.68. The predicted molar refractivity (Wildman–Crippen MR) is 72.8 cm³/mol. The maximum absolute atomic E-state index is 11.5. The van der Waals surface area contributed by atoms with E-state index in [1.165, 1.54) is 0 Å². The number of carbonyl (C=O) groups excluding carboxylic acids is 2. The van der Waals surface area contributed by atoms with Gasteiger partial charge in [0, 0.05) is 6.42 Å². The first-order valence-corrected chi connectivity index (χ1v) is 6.54. The zero-order valence-electron chi connectivity index (χ0n) is 10.4. The quantitative estimate of drug-likeness (QED) is 0.725. The Bertz CT molecular complexity index is 460. The highest BCUT2D eigenvalue weighted by Gasteiger charge is 2.10. The molecule has 0 fully saturated rings. The summed E-state index contributed by atoms with van der Waals surface area (Å²) in [5.74, 6) is -0.251. The van der Waals surface area contributed by atoms with Crippen molar-refractivity contribution in [1.29, 1.82) is 0 Å². The number of ketones is 1. The highest BCUT2D eigenvalue weighted by molar-refractivity contribution is 6.42. The second-order valence-corrected chi connectivity index (χ2v) is 4.47. The predicted octanol–water partition coefficient (Wildman–Crippen LogP) is 3.28. The Morgan fingerprint density at radius 2 is 1.95 bits per heavy atom. The topological polar surface area (TPSA) is 52.6 Å². The summed E-state index contributed by atoms with van der Waals surface area (Å²) in [6.07, 6.45) is 0.135. The molecular weight excluding hydrogens is 291 g/mol. The average Bonchev–Trinajstić information content (AvgIpc) is 2.38. The van der Waals surface area contributed by atoms with Gasteiger partial charge >= 0.3 is 5.97 Å². The Labute approximate surface area is 121 Å². The van der Waals surface area contributed by atoms with Crippen molar-refractivity contribution < 1.29 is 19.1 Å². The maximum atomic E-state index is 11.5. The summed E-state index contributed by atoms with van der Waals surface area (Å²) in [5, 5.41) is 0.625. The SMILES string of the molecule is CCOC(=O)CCC(=O)COc1cccc(Cl)c1Cl. The van der Waals surface area contributed by atoms with Crippen LogP contribution in [0.25, 0.3) is 0 Å². The van der Waals surface area contributed by atoms with Crippen LogP contribution in [0.4, 0.5) is 0 Å². The number of benzene rings is 1. The van der Waals surface area contributed by atoms with Crippen molar-refractivity contribution >= 4 is 35.0 Å². The van der Waals surface area contributed by atoms with Crippen molar-refractivity contribution in [3.8, 4) is 5.75 Å². The molecule has 4 nitrogen and oxygen atoms in total. The third kappa shape index (κ3) is 5.49. The standard InChI is InChI=1S/C13H14Cl2O4/c1-2-18-12(17)7-6-9(16)8-19-11-5-3-4-10(14)13(11)15/h3-5H,2,6-8H2,1H3. The maximum Gasteiger partial charge on any atom is 0.306 e. The minimum absolute atomic E-state index is 0.0549. The Hall–Kier alpha value is -1.26. The lowest BCUT2D eigenvalue weighted by atomic mass is 10.2. The van der Waals surface area contributed by atoms with Gasteiger partial charge < -0.3 is 9.47 Å². The first-order valence-electron chi connectivity index (χ1n) is 5.78. The summed E-state index contributed by atoms with van der Waals surface area (Å²) in [6, 6.07) is 4.92. The van der Waals surface area contributed by atoms with Crippen LogP contribution in [0.1, 0.15) is 19.8 Å². The van der Waals surface area contributed by atoms with Gasteiger partial charge in [0.25, 0.3) is 0 Å². The Morgan fingerprint density at radius 1 is 1.21 bits per heavy atom. The molecule has 1 aromatic rings. The van der Waals surface area contributed by atoms with E-state index in [9.17, 15) is 9.59 Å². The molecule has 0 radical (unpaired) electrons. The number of Topliss-reactive ketones (excluding diaryl/α,β-unsaturated/α-hetero) is 1. The van der Waals surface area contributed by atoms with E-state index in [1.807, 2.05) is 0 Å². The molecule has 0 unspecified atom stereocenters. The minimum Gasteiger partial charge on any atom is -0.484 e. The van der Waals surface area contributed by atoms with Gasteiger partial charge in [-0.1, -0.05) is 29.3 Å². The van der Waals surface area contributed by atoms with Crippen LogP contribution < -0.4 is 4.74 Å². The van der Waals surface area contributed by atoms with Gasteiger partial charge in [-0.3, -0.25) is 9.59 Å². The molecule has 0 aliphatic heterocycles. The van der Waals surface area contributed by atoms with Crippen LogP contribution in [0, 0.1) is 0 Å². The van der Waals surface area contributed by atoms with Gasteiger partial charge in [0.2, 0.25) is 0 Å². The van der Waals surface area contributed by atoms with Gasteiger partial charge in [0.15, 0.2) is 5.78 Å². The van der Waals surface area contributed by atoms with Crippen LogP contribution in [0.5, 0.6) is 5.75 Å². The van der Waals surface area contributed by atoms with E-state index in [0.29, 0.717) is 17.4 Å². The van der Waals surface area contributed by atoms with Crippen molar-refractivity contribution in [1.82, 2.24) is 0 Å². The molecule has 6 heteroatoms. The van der Waals surface area contributed by atoms with E-state index < -0.39 is 5.97 Å². The van der Waals surface area contributed by atoms with E-state index in [0.717, 1.165) is 0 Å². The smallest absolute Gasteiger partial charge is 0.306 e. The minimum atomic E-state index is -0.392. The van der Waals surface area contributed by atoms with Crippen molar-refractivity contribution in [3.05, 3.63) is 28.2 Å². The molecule has 0 saturated carbocycles. The number of hydrogen-bond donors (Lipinski definition) is 0. The number of ether oxygens (including phenoxy) is 2. The lowest BCUT2D eigenvalue weighted by molar-refractivity contribution is -0.144. The molecular formula is C13H14Cl2O4. The molecule has 0 aliphatic rings. The molecule has 0 heterocycles. The summed E-state index contributed by atoms with van der Waals surface area (Å²) >= 11 is 11.7. The van der Waals surface area contributed by atoms with E-state index >= 15 is 0 Å². The average molecular weight is 305 g/mol. The lowest BCUT2D eigenvalue weighted by Crippen LogP contribution is -2.14. The van der Waals surface area contributed by atoms with E-state index in [-0.39, 0.29) is 30.3 Å². The van der Waals surface area contributed by atoms with Crippen molar-refractivity contribution in [2.45, 2.75) is 19.8 Å². The molecule has 19 heavy (non-hydrogen) atoms. The van der Waals surface area contributed by atoms with Crippen LogP contribution in [0.15, 0.2) is 18.2 Å². The van der Waals surface area contributed by atoms with Gasteiger partial charge in [-0.2, -0.15) is 0 Å². The molecule has 104 valence electrons. The highest BCUT2D eigenvalue weighted by atomic mass is 35.5. The van der Waals surface area contributed by atoms with Crippen LogP contribution >= 0.6 is 23.2 Å². The highest BCUT2D eigenvalue weighted by Crippen LogP contribution is 2.31. The third-order valence-electron chi connectivity index (χ3n) is 2.22. The van der Waals surface area contributed by atoms with Crippen LogP contribution in [0.2, 0.25) is 10.0 Å². The molecule has 0 atom stereocenters. The zero-order chi connectivity index (χ0) is 14.3. The molecule has 1 aromatic carbocycles. The van der Waals surface area contributed by atoms with Gasteiger partial charge in [0.05, 0.1) is 18.1 Å². The monoisotopic (exact) mass is 304 g/mol. The summed E-state index contributed by atoms with van der Waals surface area (Å²) < 4.78 is 9.97. The molecule has 0 saturated heterocycles. The Kier molecular flexibility index (Phi) is 6.67. The molecule has 0 amide bonds. The number of rotatable bonds is 7. The zero-order valence-corrected chi connectivity index (χ0v) is 12.0. The fraction of sp³-hybridized carbons (Fsp3) is 0.385.